The Morgan fingerprint density at radius 2 is 2.29 bits per heavy atom. The minimum absolute atomic E-state index is 0.0882. The largest absolute Gasteiger partial charge is 0.493 e. The fraction of sp³-hybridized carbons (Fsp3) is 0.650. The number of carbonyl (C=O) groups is 1. The molecule has 0 aromatic heterocycles. The van der Waals surface area contributed by atoms with Gasteiger partial charge in [0.2, 0.25) is 5.91 Å². The van der Waals surface area contributed by atoms with Gasteiger partial charge < -0.3 is 15.4 Å². The van der Waals surface area contributed by atoms with Gasteiger partial charge in [0.05, 0.1) is 18.1 Å². The normalized spacial score (nSPS) is 31.7. The quantitative estimate of drug-likeness (QED) is 0.897. The number of rotatable bonds is 3. The van der Waals surface area contributed by atoms with Gasteiger partial charge in [0.25, 0.3) is 0 Å². The fourth-order valence-electron chi connectivity index (χ4n) is 4.91. The van der Waals surface area contributed by atoms with Crippen molar-refractivity contribution in [3.8, 4) is 5.75 Å². The van der Waals surface area contributed by atoms with E-state index in [9.17, 15) is 4.79 Å². The number of aryl methyl sites for hydroxylation is 1. The number of benzene rings is 1. The summed E-state index contributed by atoms with van der Waals surface area (Å²) in [5.74, 6) is 1.77. The van der Waals surface area contributed by atoms with Crippen molar-refractivity contribution >= 4 is 5.91 Å². The van der Waals surface area contributed by atoms with Crippen molar-refractivity contribution in [3.63, 3.8) is 0 Å². The van der Waals surface area contributed by atoms with E-state index in [1.165, 1.54) is 24.8 Å². The van der Waals surface area contributed by atoms with Crippen LogP contribution in [0.25, 0.3) is 0 Å². The molecule has 1 unspecified atom stereocenters. The summed E-state index contributed by atoms with van der Waals surface area (Å²) in [6.07, 6.45) is 6.48. The number of hydrogen-bond acceptors (Lipinski definition) is 3. The summed E-state index contributed by atoms with van der Waals surface area (Å²) >= 11 is 0. The van der Waals surface area contributed by atoms with Gasteiger partial charge in [-0.15, -0.1) is 0 Å². The van der Waals surface area contributed by atoms with Gasteiger partial charge >= 0.3 is 0 Å². The molecule has 1 aromatic carbocycles. The molecule has 130 valence electrons. The molecule has 1 amide bonds. The first-order chi connectivity index (χ1) is 11.7. The summed E-state index contributed by atoms with van der Waals surface area (Å²) in [6.45, 7) is 4.67. The number of nitrogens with one attached hydrogen (secondary N) is 2. The smallest absolute Gasteiger partial charge is 0.228 e. The van der Waals surface area contributed by atoms with Crippen LogP contribution in [0.4, 0.5) is 0 Å². The Morgan fingerprint density at radius 1 is 1.38 bits per heavy atom. The van der Waals surface area contributed by atoms with Gasteiger partial charge in [-0.05, 0) is 37.3 Å². The molecule has 4 rings (SSSR count). The first kappa shape index (κ1) is 15.9. The van der Waals surface area contributed by atoms with Crippen LogP contribution in [-0.2, 0) is 11.2 Å². The van der Waals surface area contributed by atoms with E-state index in [1.54, 1.807) is 0 Å². The predicted octanol–water partition coefficient (Wildman–Crippen LogP) is 2.97. The minimum Gasteiger partial charge on any atom is -0.493 e. The van der Waals surface area contributed by atoms with Crippen LogP contribution in [0.5, 0.6) is 5.75 Å². The molecule has 24 heavy (non-hydrogen) atoms. The van der Waals surface area contributed by atoms with Gasteiger partial charge in [-0.1, -0.05) is 38.0 Å². The number of carbonyl (C=O) groups excluding carboxylic acids is 1. The van der Waals surface area contributed by atoms with Gasteiger partial charge in [-0.3, -0.25) is 4.79 Å². The molecule has 2 fully saturated rings. The Morgan fingerprint density at radius 3 is 3.17 bits per heavy atom. The number of fused-ring (bicyclic) bond motifs is 2. The summed E-state index contributed by atoms with van der Waals surface area (Å²) in [5.41, 5.74) is 2.21. The van der Waals surface area contributed by atoms with Crippen LogP contribution < -0.4 is 15.4 Å². The third kappa shape index (κ3) is 2.52. The maximum absolute atomic E-state index is 13.2. The van der Waals surface area contributed by atoms with Crippen molar-refractivity contribution in [3.05, 3.63) is 29.3 Å². The summed E-state index contributed by atoms with van der Waals surface area (Å²) in [4.78, 5) is 13.2. The van der Waals surface area contributed by atoms with Gasteiger partial charge in [0.1, 0.15) is 5.75 Å². The van der Waals surface area contributed by atoms with Crippen LogP contribution in [0.3, 0.4) is 0 Å². The Hall–Kier alpha value is -1.55. The lowest BCUT2D eigenvalue weighted by Crippen LogP contribution is -2.49. The third-order valence-electron chi connectivity index (χ3n) is 6.33. The van der Waals surface area contributed by atoms with E-state index in [1.807, 2.05) is 0 Å². The van der Waals surface area contributed by atoms with Crippen LogP contribution in [0.2, 0.25) is 0 Å². The second kappa shape index (κ2) is 6.40. The predicted molar refractivity (Wildman–Crippen MR) is 94.1 cm³/mol. The van der Waals surface area contributed by atoms with Crippen molar-refractivity contribution in [2.45, 2.75) is 51.5 Å². The van der Waals surface area contributed by atoms with Crippen molar-refractivity contribution in [2.75, 3.05) is 19.7 Å². The zero-order chi connectivity index (χ0) is 16.6. The van der Waals surface area contributed by atoms with Gasteiger partial charge in [0.15, 0.2) is 0 Å². The van der Waals surface area contributed by atoms with E-state index in [-0.39, 0.29) is 17.4 Å². The Labute approximate surface area is 144 Å². The van der Waals surface area contributed by atoms with Crippen LogP contribution in [0.15, 0.2) is 18.2 Å². The lowest BCUT2D eigenvalue weighted by Gasteiger charge is -2.39. The Bertz CT molecular complexity index is 630. The second-order valence-corrected chi connectivity index (χ2v) is 7.58. The topological polar surface area (TPSA) is 50.4 Å². The van der Waals surface area contributed by atoms with Crippen LogP contribution >= 0.6 is 0 Å². The number of hydrogen-bond donors (Lipinski definition) is 2. The highest BCUT2D eigenvalue weighted by molar-refractivity contribution is 5.84. The van der Waals surface area contributed by atoms with E-state index in [0.717, 1.165) is 43.7 Å². The standard InChI is InChI=1S/C20H28N2O2/c1-2-14-6-5-8-16-17(9-11-24-18(14)16)22-19(23)20-10-4-3-7-15(20)12-21-13-20/h5-6,8,15,17,21H,2-4,7,9-13H2,1H3,(H,22,23)/t15-,17?,20+/m0/s1. The van der Waals surface area contributed by atoms with Crippen LogP contribution in [0.1, 0.15) is 56.2 Å². The molecular formula is C20H28N2O2. The van der Waals surface area contributed by atoms with E-state index < -0.39 is 0 Å². The summed E-state index contributed by atoms with van der Waals surface area (Å²) in [7, 11) is 0. The van der Waals surface area contributed by atoms with E-state index in [4.69, 9.17) is 4.74 Å². The molecule has 2 N–H and O–H groups in total. The number of para-hydroxylation sites is 1. The van der Waals surface area contributed by atoms with Gasteiger partial charge in [-0.2, -0.15) is 0 Å². The summed E-state index contributed by atoms with van der Waals surface area (Å²) in [5, 5.41) is 6.87. The SMILES string of the molecule is CCc1cccc2c1OCCC2NC(=O)[C@@]12CCCC[C@H]1CNC2. The van der Waals surface area contributed by atoms with Crippen LogP contribution in [-0.4, -0.2) is 25.6 Å². The summed E-state index contributed by atoms with van der Waals surface area (Å²) in [6, 6.07) is 6.41. The molecular weight excluding hydrogens is 300 g/mol. The molecule has 1 aromatic rings. The third-order valence-corrected chi connectivity index (χ3v) is 6.33. The van der Waals surface area contributed by atoms with Crippen molar-refractivity contribution in [2.24, 2.45) is 11.3 Å². The molecule has 0 radical (unpaired) electrons. The average Bonchev–Trinajstić information content (AvgIpc) is 3.07. The average molecular weight is 328 g/mol. The summed E-state index contributed by atoms with van der Waals surface area (Å²) < 4.78 is 5.92. The Kier molecular flexibility index (Phi) is 4.25. The van der Waals surface area contributed by atoms with Gasteiger partial charge in [0, 0.05) is 18.5 Å². The van der Waals surface area contributed by atoms with Crippen molar-refractivity contribution in [1.29, 1.82) is 0 Å². The lowest BCUT2D eigenvalue weighted by atomic mass is 9.67. The van der Waals surface area contributed by atoms with E-state index >= 15 is 0 Å². The molecule has 0 bridgehead atoms. The first-order valence-electron chi connectivity index (χ1n) is 9.51. The molecule has 3 aliphatic rings. The maximum Gasteiger partial charge on any atom is 0.228 e. The molecule has 3 atom stereocenters. The molecule has 2 heterocycles. The zero-order valence-electron chi connectivity index (χ0n) is 14.6. The molecule has 4 nitrogen and oxygen atoms in total. The fourth-order valence-corrected chi connectivity index (χ4v) is 4.91. The lowest BCUT2D eigenvalue weighted by molar-refractivity contribution is -0.135. The second-order valence-electron chi connectivity index (χ2n) is 7.58. The molecule has 1 saturated carbocycles. The van der Waals surface area contributed by atoms with Gasteiger partial charge in [-0.25, -0.2) is 0 Å². The maximum atomic E-state index is 13.2. The molecule has 2 aliphatic heterocycles. The monoisotopic (exact) mass is 328 g/mol. The number of amides is 1. The van der Waals surface area contributed by atoms with Crippen molar-refractivity contribution < 1.29 is 9.53 Å². The molecule has 1 saturated heterocycles. The molecule has 1 aliphatic carbocycles. The molecule has 4 heteroatoms. The molecule has 0 spiro atoms. The first-order valence-corrected chi connectivity index (χ1v) is 9.51. The van der Waals surface area contributed by atoms with Crippen LogP contribution in [0, 0.1) is 11.3 Å². The van der Waals surface area contributed by atoms with E-state index in [0.29, 0.717) is 12.5 Å². The minimum atomic E-state index is -0.181. The highest BCUT2D eigenvalue weighted by Gasteiger charge is 2.50. The van der Waals surface area contributed by atoms with Crippen molar-refractivity contribution in [1.82, 2.24) is 10.6 Å². The van der Waals surface area contributed by atoms with E-state index in [2.05, 4.69) is 35.8 Å². The highest BCUT2D eigenvalue weighted by atomic mass is 16.5. The highest BCUT2D eigenvalue weighted by Crippen LogP contribution is 2.45. The number of ether oxygens (including phenoxy) is 1. The zero-order valence-corrected chi connectivity index (χ0v) is 14.6. The Balaban J connectivity index is 1.57.